The summed E-state index contributed by atoms with van der Waals surface area (Å²) in [6.07, 6.45) is 60.2. The summed E-state index contributed by atoms with van der Waals surface area (Å²) in [7, 11) is 0. The molecule has 0 aliphatic heterocycles. The quantitative estimate of drug-likeness (QED) is 0.0262. The van der Waals surface area contributed by atoms with Crippen LogP contribution in [0.4, 0.5) is 0 Å². The van der Waals surface area contributed by atoms with Gasteiger partial charge in [0.15, 0.2) is 6.10 Å². The highest BCUT2D eigenvalue weighted by Gasteiger charge is 2.19. The van der Waals surface area contributed by atoms with E-state index in [4.69, 9.17) is 14.2 Å². The van der Waals surface area contributed by atoms with Gasteiger partial charge in [-0.1, -0.05) is 238 Å². The fourth-order valence-corrected chi connectivity index (χ4v) is 8.20. The number of hydrogen-bond acceptors (Lipinski definition) is 6. The van der Waals surface area contributed by atoms with Crippen LogP contribution in [0.1, 0.15) is 303 Å². The highest BCUT2D eigenvalue weighted by molar-refractivity contribution is 5.71. The molecule has 0 aromatic rings. The molecule has 0 N–H and O–H groups in total. The van der Waals surface area contributed by atoms with Crippen LogP contribution < -0.4 is 0 Å². The largest absolute Gasteiger partial charge is 0.462 e. The van der Waals surface area contributed by atoms with Crippen molar-refractivity contribution in [2.24, 2.45) is 0 Å². The Labute approximate surface area is 392 Å². The van der Waals surface area contributed by atoms with Crippen molar-refractivity contribution < 1.29 is 28.6 Å². The maximum absolute atomic E-state index is 12.8. The molecule has 63 heavy (non-hydrogen) atoms. The van der Waals surface area contributed by atoms with E-state index in [1.807, 2.05) is 0 Å². The molecule has 1 atom stereocenters. The van der Waals surface area contributed by atoms with Crippen LogP contribution in [0.25, 0.3) is 0 Å². The van der Waals surface area contributed by atoms with Crippen LogP contribution in [0, 0.1) is 0 Å². The molecular weight excluding hydrogens is 781 g/mol. The Balaban J connectivity index is 4.36. The number of unbranched alkanes of at least 4 members (excludes halogenated alkanes) is 36. The second kappa shape index (κ2) is 52.5. The predicted octanol–water partition coefficient (Wildman–Crippen LogP) is 18.3. The number of rotatable bonds is 51. The maximum Gasteiger partial charge on any atom is 0.306 e. The first-order valence-corrected chi connectivity index (χ1v) is 27.8. The minimum absolute atomic E-state index is 0.0730. The fourth-order valence-electron chi connectivity index (χ4n) is 8.20. The average molecular weight is 887 g/mol. The molecule has 0 saturated heterocycles. The molecule has 0 rings (SSSR count). The molecule has 6 nitrogen and oxygen atoms in total. The van der Waals surface area contributed by atoms with Gasteiger partial charge in [-0.2, -0.15) is 0 Å². The lowest BCUT2D eigenvalue weighted by molar-refractivity contribution is -0.167. The highest BCUT2D eigenvalue weighted by atomic mass is 16.6. The summed E-state index contributed by atoms with van der Waals surface area (Å²) in [6.45, 7) is 6.65. The second-order valence-corrected chi connectivity index (χ2v) is 18.8. The molecular formula is C57H106O6. The highest BCUT2D eigenvalue weighted by Crippen LogP contribution is 2.16. The van der Waals surface area contributed by atoms with Crippen LogP contribution in [0.15, 0.2) is 24.3 Å². The topological polar surface area (TPSA) is 78.9 Å². The van der Waals surface area contributed by atoms with Crippen LogP contribution >= 0.6 is 0 Å². The SMILES string of the molecule is CCCCCCCC/C=C\CCCCCCCC(=O)OC[C@H](COC(=O)CCCCCCCCCCCCCCCCC)OC(=O)CCCCCCC/C=C/CCCCCCCC. The van der Waals surface area contributed by atoms with Crippen molar-refractivity contribution >= 4 is 17.9 Å². The molecule has 0 saturated carbocycles. The van der Waals surface area contributed by atoms with Crippen molar-refractivity contribution in [1.82, 2.24) is 0 Å². The number of esters is 3. The summed E-state index contributed by atoms with van der Waals surface area (Å²) in [5.74, 6) is -0.873. The summed E-state index contributed by atoms with van der Waals surface area (Å²) in [4.78, 5) is 38.1. The van der Waals surface area contributed by atoms with E-state index >= 15 is 0 Å². The van der Waals surface area contributed by atoms with E-state index in [0.29, 0.717) is 19.3 Å². The first-order valence-electron chi connectivity index (χ1n) is 27.8. The normalized spacial score (nSPS) is 12.1. The molecule has 0 heterocycles. The van der Waals surface area contributed by atoms with Gasteiger partial charge in [-0.3, -0.25) is 14.4 Å². The zero-order valence-corrected chi connectivity index (χ0v) is 42.4. The van der Waals surface area contributed by atoms with E-state index in [0.717, 1.165) is 70.6 Å². The number of carbonyl (C=O) groups excluding carboxylic acids is 3. The van der Waals surface area contributed by atoms with Gasteiger partial charge in [0.25, 0.3) is 0 Å². The van der Waals surface area contributed by atoms with Gasteiger partial charge in [0.05, 0.1) is 0 Å². The molecule has 0 aromatic carbocycles. The van der Waals surface area contributed by atoms with Crippen LogP contribution in [-0.2, 0) is 28.6 Å². The summed E-state index contributed by atoms with van der Waals surface area (Å²) in [5.41, 5.74) is 0. The number of hydrogen-bond donors (Lipinski definition) is 0. The minimum atomic E-state index is -0.774. The Morgan fingerprint density at radius 2 is 0.524 bits per heavy atom. The van der Waals surface area contributed by atoms with Crippen molar-refractivity contribution in [3.63, 3.8) is 0 Å². The molecule has 0 unspecified atom stereocenters. The Morgan fingerprint density at radius 3 is 0.794 bits per heavy atom. The third-order valence-electron chi connectivity index (χ3n) is 12.4. The molecule has 0 radical (unpaired) electrons. The van der Waals surface area contributed by atoms with E-state index < -0.39 is 6.10 Å². The van der Waals surface area contributed by atoms with Crippen molar-refractivity contribution in [2.75, 3.05) is 13.2 Å². The van der Waals surface area contributed by atoms with Crippen molar-refractivity contribution in [1.29, 1.82) is 0 Å². The number of allylic oxidation sites excluding steroid dienone is 4. The number of carbonyl (C=O) groups is 3. The third kappa shape index (κ3) is 50.7. The van der Waals surface area contributed by atoms with Crippen LogP contribution in [0.3, 0.4) is 0 Å². The van der Waals surface area contributed by atoms with Crippen LogP contribution in [0.2, 0.25) is 0 Å². The standard InChI is InChI=1S/C57H106O6/c1-4-7-10-13-16-19-22-25-28-31-34-37-40-43-46-49-55(58)61-52-54(63-57(60)51-48-45-42-39-36-33-30-27-24-21-18-15-12-9-6-3)53-62-56(59)50-47-44-41-38-35-32-29-26-23-20-17-14-11-8-5-2/h25,27-28,30,54H,4-24,26,29,31-53H2,1-3H3/b28-25-,30-27+/t54-/m1/s1. The lowest BCUT2D eigenvalue weighted by Gasteiger charge is -2.18. The first-order chi connectivity index (χ1) is 31.0. The predicted molar refractivity (Wildman–Crippen MR) is 270 cm³/mol. The van der Waals surface area contributed by atoms with Gasteiger partial charge < -0.3 is 14.2 Å². The smallest absolute Gasteiger partial charge is 0.306 e. The molecule has 0 bridgehead atoms. The van der Waals surface area contributed by atoms with Gasteiger partial charge in [0.1, 0.15) is 13.2 Å². The molecule has 0 spiro atoms. The summed E-state index contributed by atoms with van der Waals surface area (Å²) >= 11 is 0. The van der Waals surface area contributed by atoms with E-state index in [1.54, 1.807) is 0 Å². The van der Waals surface area contributed by atoms with E-state index in [-0.39, 0.29) is 31.1 Å². The Bertz CT molecular complexity index is 1020. The van der Waals surface area contributed by atoms with Gasteiger partial charge in [-0.15, -0.1) is 0 Å². The van der Waals surface area contributed by atoms with Gasteiger partial charge in [-0.05, 0) is 70.6 Å². The Morgan fingerprint density at radius 1 is 0.302 bits per heavy atom. The zero-order chi connectivity index (χ0) is 45.8. The molecule has 0 aliphatic carbocycles. The second-order valence-electron chi connectivity index (χ2n) is 18.8. The molecule has 0 aliphatic rings. The Kier molecular flexibility index (Phi) is 50.8. The molecule has 370 valence electrons. The van der Waals surface area contributed by atoms with E-state index in [9.17, 15) is 14.4 Å². The monoisotopic (exact) mass is 887 g/mol. The fraction of sp³-hybridized carbons (Fsp3) is 0.877. The molecule has 0 aromatic heterocycles. The van der Waals surface area contributed by atoms with Crippen molar-refractivity contribution in [3.8, 4) is 0 Å². The summed E-state index contributed by atoms with van der Waals surface area (Å²) in [6, 6.07) is 0. The van der Waals surface area contributed by atoms with Crippen molar-refractivity contribution in [2.45, 2.75) is 309 Å². The third-order valence-corrected chi connectivity index (χ3v) is 12.4. The maximum atomic E-state index is 12.8. The van der Waals surface area contributed by atoms with E-state index in [1.165, 1.54) is 193 Å². The van der Waals surface area contributed by atoms with Crippen LogP contribution in [0.5, 0.6) is 0 Å². The van der Waals surface area contributed by atoms with Gasteiger partial charge in [0, 0.05) is 19.3 Å². The molecule has 0 amide bonds. The minimum Gasteiger partial charge on any atom is -0.462 e. The van der Waals surface area contributed by atoms with Gasteiger partial charge in [-0.25, -0.2) is 0 Å². The first kappa shape index (κ1) is 60.9. The van der Waals surface area contributed by atoms with Crippen LogP contribution in [-0.4, -0.2) is 37.2 Å². The van der Waals surface area contributed by atoms with Crippen molar-refractivity contribution in [3.05, 3.63) is 24.3 Å². The summed E-state index contributed by atoms with van der Waals surface area (Å²) < 4.78 is 16.8. The van der Waals surface area contributed by atoms with E-state index in [2.05, 4.69) is 45.1 Å². The number of ether oxygens (including phenoxy) is 3. The zero-order valence-electron chi connectivity index (χ0n) is 42.4. The molecule has 6 heteroatoms. The Hall–Kier alpha value is -2.11. The van der Waals surface area contributed by atoms with Gasteiger partial charge in [0.2, 0.25) is 0 Å². The van der Waals surface area contributed by atoms with Gasteiger partial charge >= 0.3 is 17.9 Å². The lowest BCUT2D eigenvalue weighted by Crippen LogP contribution is -2.30. The molecule has 0 fully saturated rings. The summed E-state index contributed by atoms with van der Waals surface area (Å²) in [5, 5.41) is 0. The average Bonchev–Trinajstić information content (AvgIpc) is 3.28. The lowest BCUT2D eigenvalue weighted by atomic mass is 10.0.